The van der Waals surface area contributed by atoms with E-state index in [-0.39, 0.29) is 5.92 Å². The van der Waals surface area contributed by atoms with Gasteiger partial charge < -0.3 is 10.3 Å². The number of hydrogen-bond donors (Lipinski definition) is 1. The molecule has 0 unspecified atom stereocenters. The van der Waals surface area contributed by atoms with Crippen molar-refractivity contribution in [2.75, 3.05) is 5.73 Å². The van der Waals surface area contributed by atoms with E-state index in [1.165, 1.54) is 0 Å². The summed E-state index contributed by atoms with van der Waals surface area (Å²) in [5, 5.41) is 0.675. The number of nitrogen functional groups attached to an aromatic ring is 1. The molecule has 3 nitrogen and oxygen atoms in total. The van der Waals surface area contributed by atoms with Gasteiger partial charge in [0.25, 0.3) is 0 Å². The predicted molar refractivity (Wildman–Crippen MR) is 89.1 cm³/mol. The summed E-state index contributed by atoms with van der Waals surface area (Å²) in [6, 6.07) is 5.61. The Kier molecular flexibility index (Phi) is 4.55. The Labute approximate surface area is 132 Å². The number of halogens is 2. The van der Waals surface area contributed by atoms with Gasteiger partial charge in [0.15, 0.2) is 0 Å². The monoisotopic (exact) mass is 353 g/mol. The van der Waals surface area contributed by atoms with Crippen molar-refractivity contribution in [3.05, 3.63) is 46.2 Å². The van der Waals surface area contributed by atoms with Crippen LogP contribution in [0.5, 0.6) is 0 Å². The van der Waals surface area contributed by atoms with Crippen LogP contribution in [0.2, 0.25) is 5.02 Å². The van der Waals surface area contributed by atoms with Crippen molar-refractivity contribution in [2.24, 2.45) is 0 Å². The molecule has 2 rings (SSSR count). The summed E-state index contributed by atoms with van der Waals surface area (Å²) in [6.45, 7) is 8.63. The number of anilines is 1. The number of benzene rings is 1. The van der Waals surface area contributed by atoms with Gasteiger partial charge in [0.2, 0.25) is 0 Å². The van der Waals surface area contributed by atoms with Gasteiger partial charge in [-0.05, 0) is 12.1 Å². The van der Waals surface area contributed by atoms with Gasteiger partial charge in [0.1, 0.15) is 17.3 Å². The summed E-state index contributed by atoms with van der Waals surface area (Å²) in [7, 11) is 0. The van der Waals surface area contributed by atoms with E-state index < -0.39 is 0 Å². The molecule has 1 aromatic heterocycles. The average Bonchev–Trinajstić information content (AvgIpc) is 2.68. The van der Waals surface area contributed by atoms with E-state index in [2.05, 4.69) is 36.4 Å². The average molecular weight is 355 g/mol. The lowest BCUT2D eigenvalue weighted by atomic mass is 10.1. The van der Waals surface area contributed by atoms with Gasteiger partial charge >= 0.3 is 0 Å². The first kappa shape index (κ1) is 15.1. The van der Waals surface area contributed by atoms with Crippen LogP contribution in [0.4, 0.5) is 5.82 Å². The van der Waals surface area contributed by atoms with Gasteiger partial charge in [-0.1, -0.05) is 53.5 Å². The Bertz CT molecular complexity index is 647. The lowest BCUT2D eigenvalue weighted by molar-refractivity contribution is 0.684. The van der Waals surface area contributed by atoms with Crippen molar-refractivity contribution in [3.63, 3.8) is 0 Å². The maximum absolute atomic E-state index is 6.27. The van der Waals surface area contributed by atoms with E-state index in [0.717, 1.165) is 21.6 Å². The van der Waals surface area contributed by atoms with E-state index in [4.69, 9.17) is 22.3 Å². The van der Waals surface area contributed by atoms with Gasteiger partial charge in [-0.3, -0.25) is 0 Å². The normalized spacial score (nSPS) is 11.1. The third-order valence-electron chi connectivity index (χ3n) is 3.05. The zero-order valence-corrected chi connectivity index (χ0v) is 13.9. The maximum Gasteiger partial charge on any atom is 0.132 e. The Balaban J connectivity index is 2.62. The highest BCUT2D eigenvalue weighted by Crippen LogP contribution is 2.35. The van der Waals surface area contributed by atoms with Crippen LogP contribution >= 0.6 is 27.5 Å². The van der Waals surface area contributed by atoms with Crippen LogP contribution in [-0.2, 0) is 6.54 Å². The minimum atomic E-state index is 0.289. The van der Waals surface area contributed by atoms with E-state index in [0.29, 0.717) is 17.4 Å². The highest BCUT2D eigenvalue weighted by molar-refractivity contribution is 9.10. The Morgan fingerprint density at radius 1 is 1.50 bits per heavy atom. The molecule has 0 aliphatic rings. The second kappa shape index (κ2) is 6.02. The first-order chi connectivity index (χ1) is 9.45. The van der Waals surface area contributed by atoms with E-state index >= 15 is 0 Å². The molecule has 0 aliphatic heterocycles. The topological polar surface area (TPSA) is 43.8 Å². The van der Waals surface area contributed by atoms with Gasteiger partial charge in [-0.25, -0.2) is 4.98 Å². The van der Waals surface area contributed by atoms with E-state index in [1.54, 1.807) is 0 Å². The first-order valence-corrected chi connectivity index (χ1v) is 7.55. The predicted octanol–water partition coefficient (Wildman–Crippen LogP) is 4.86. The van der Waals surface area contributed by atoms with Crippen molar-refractivity contribution >= 4 is 33.3 Å². The fraction of sp³-hybridized carbons (Fsp3) is 0.267. The van der Waals surface area contributed by atoms with Crippen LogP contribution in [0, 0.1) is 0 Å². The summed E-state index contributed by atoms with van der Waals surface area (Å²) in [4.78, 5) is 4.71. The van der Waals surface area contributed by atoms with Crippen molar-refractivity contribution < 1.29 is 0 Å². The largest absolute Gasteiger partial charge is 0.383 e. The second-order valence-corrected chi connectivity index (χ2v) is 6.17. The Morgan fingerprint density at radius 2 is 2.20 bits per heavy atom. The number of rotatable bonds is 4. The van der Waals surface area contributed by atoms with Gasteiger partial charge in [-0.15, -0.1) is 6.58 Å². The molecule has 5 heteroatoms. The van der Waals surface area contributed by atoms with Crippen molar-refractivity contribution in [3.8, 4) is 11.3 Å². The molecule has 20 heavy (non-hydrogen) atoms. The van der Waals surface area contributed by atoms with Crippen LogP contribution in [0.1, 0.15) is 25.6 Å². The van der Waals surface area contributed by atoms with Crippen molar-refractivity contribution in [2.45, 2.75) is 26.3 Å². The molecule has 0 radical (unpaired) electrons. The molecule has 2 N–H and O–H groups in total. The molecule has 106 valence electrons. The molecule has 0 saturated heterocycles. The van der Waals surface area contributed by atoms with Crippen LogP contribution in [0.15, 0.2) is 35.3 Å². The second-order valence-electron chi connectivity index (χ2n) is 4.88. The number of nitrogens with zero attached hydrogens (tertiary/aromatic N) is 2. The van der Waals surface area contributed by atoms with Gasteiger partial charge in [0.05, 0.1) is 0 Å². The molecule has 0 atom stereocenters. The van der Waals surface area contributed by atoms with Crippen molar-refractivity contribution in [1.29, 1.82) is 0 Å². The fourth-order valence-corrected chi connectivity index (χ4v) is 3.00. The smallest absolute Gasteiger partial charge is 0.132 e. The minimum Gasteiger partial charge on any atom is -0.383 e. The third kappa shape index (κ3) is 2.76. The van der Waals surface area contributed by atoms with Crippen molar-refractivity contribution in [1.82, 2.24) is 9.55 Å². The number of aromatic nitrogens is 2. The zero-order chi connectivity index (χ0) is 14.9. The van der Waals surface area contributed by atoms with E-state index in [9.17, 15) is 0 Å². The number of hydrogen-bond acceptors (Lipinski definition) is 2. The van der Waals surface area contributed by atoms with Gasteiger partial charge in [0, 0.05) is 27.5 Å². The molecule has 2 aromatic rings. The van der Waals surface area contributed by atoms with E-state index in [1.807, 2.05) is 28.8 Å². The fourth-order valence-electron chi connectivity index (χ4n) is 2.12. The number of allylic oxidation sites excluding steroid dienone is 1. The van der Waals surface area contributed by atoms with Gasteiger partial charge in [-0.2, -0.15) is 0 Å². The molecule has 0 aliphatic carbocycles. The lowest BCUT2D eigenvalue weighted by Gasteiger charge is -2.09. The van der Waals surface area contributed by atoms with Crippen LogP contribution < -0.4 is 5.73 Å². The van der Waals surface area contributed by atoms with Crippen LogP contribution in [0.25, 0.3) is 11.3 Å². The maximum atomic E-state index is 6.27. The summed E-state index contributed by atoms with van der Waals surface area (Å²) in [6.07, 6.45) is 1.82. The molecule has 0 saturated carbocycles. The molecular weight excluding hydrogens is 338 g/mol. The summed E-state index contributed by atoms with van der Waals surface area (Å²) in [5.41, 5.74) is 7.98. The molecule has 0 fully saturated rings. The lowest BCUT2D eigenvalue weighted by Crippen LogP contribution is -2.07. The zero-order valence-electron chi connectivity index (χ0n) is 11.5. The van der Waals surface area contributed by atoms with Crippen LogP contribution in [0.3, 0.4) is 0 Å². The Hall–Kier alpha value is -1.26. The highest BCUT2D eigenvalue weighted by atomic mass is 79.9. The molecule has 0 spiro atoms. The minimum absolute atomic E-state index is 0.289. The quantitative estimate of drug-likeness (QED) is 0.797. The summed E-state index contributed by atoms with van der Waals surface area (Å²) >= 11 is 9.50. The Morgan fingerprint density at radius 3 is 2.75 bits per heavy atom. The molecule has 0 amide bonds. The molecular formula is C15H17BrClN3. The van der Waals surface area contributed by atoms with Crippen LogP contribution in [-0.4, -0.2) is 9.55 Å². The first-order valence-electron chi connectivity index (χ1n) is 6.38. The highest BCUT2D eigenvalue weighted by Gasteiger charge is 2.19. The third-order valence-corrected chi connectivity index (χ3v) is 3.94. The molecule has 1 aromatic carbocycles. The molecule has 0 bridgehead atoms. The number of nitrogens with two attached hydrogens (primary N) is 1. The number of imidazole rings is 1. The SMILES string of the molecule is C=CCn1c(C(C)C)nc(-c2ccc(Cl)cc2Br)c1N. The standard InChI is InChI=1S/C15H17BrClN3/c1-4-7-20-14(18)13(19-15(20)9(2)3)11-6-5-10(17)8-12(11)16/h4-6,8-9H,1,7,18H2,2-3H3. The summed E-state index contributed by atoms with van der Waals surface area (Å²) in [5.74, 6) is 1.90. The molecule has 1 heterocycles. The summed E-state index contributed by atoms with van der Waals surface area (Å²) < 4.78 is 2.88.